The first-order chi connectivity index (χ1) is 14.0. The van der Waals surface area contributed by atoms with Crippen molar-refractivity contribution >= 4 is 17.7 Å². The quantitative estimate of drug-likeness (QED) is 0.512. The number of nitrogens with two attached hydrogens (primary N) is 1. The Kier molecular flexibility index (Phi) is 5.57. The van der Waals surface area contributed by atoms with Gasteiger partial charge in [0.25, 0.3) is 5.95 Å². The first-order valence-corrected chi connectivity index (χ1v) is 10.7. The Morgan fingerprint density at radius 2 is 1.83 bits per heavy atom. The van der Waals surface area contributed by atoms with Crippen LogP contribution in [0.1, 0.15) is 41.5 Å². The summed E-state index contributed by atoms with van der Waals surface area (Å²) < 4.78 is 3.07. The van der Waals surface area contributed by atoms with Crippen LogP contribution in [0.3, 0.4) is 0 Å². The number of benzene rings is 1. The van der Waals surface area contributed by atoms with Crippen LogP contribution in [-0.2, 0) is 4.79 Å². The number of rotatable bonds is 5. The number of hydrogen-bond acceptors (Lipinski definition) is 6. The fourth-order valence-electron chi connectivity index (χ4n) is 3.60. The lowest BCUT2D eigenvalue weighted by molar-refractivity contribution is -0.131. The number of hydrogen-bond donors (Lipinski definition) is 1. The summed E-state index contributed by atoms with van der Waals surface area (Å²) in [5.74, 6) is 6.82. The Morgan fingerprint density at radius 1 is 1.10 bits per heavy atom. The molecule has 3 heterocycles. The van der Waals surface area contributed by atoms with Crippen molar-refractivity contribution in [1.82, 2.24) is 29.6 Å². The number of likely N-dealkylation sites (tertiary alicyclic amines) is 1. The van der Waals surface area contributed by atoms with Crippen molar-refractivity contribution in [3.8, 4) is 5.95 Å². The van der Waals surface area contributed by atoms with Crippen molar-refractivity contribution in [2.75, 3.05) is 18.9 Å². The molecule has 29 heavy (non-hydrogen) atoms. The maximum Gasteiger partial charge on any atom is 0.271 e. The van der Waals surface area contributed by atoms with Gasteiger partial charge in [0.2, 0.25) is 11.1 Å². The minimum Gasteiger partial charge on any atom is -0.341 e. The number of carbonyl (C=O) groups excluding carboxylic acids is 1. The summed E-state index contributed by atoms with van der Waals surface area (Å²) in [7, 11) is 0. The molecule has 0 aliphatic carbocycles. The Labute approximate surface area is 174 Å². The smallest absolute Gasteiger partial charge is 0.271 e. The van der Waals surface area contributed by atoms with Crippen molar-refractivity contribution < 1.29 is 4.79 Å². The molecule has 1 aliphatic heterocycles. The highest BCUT2D eigenvalue weighted by atomic mass is 32.2. The third kappa shape index (κ3) is 4.00. The largest absolute Gasteiger partial charge is 0.341 e. The maximum atomic E-state index is 13.3. The van der Waals surface area contributed by atoms with E-state index >= 15 is 0 Å². The van der Waals surface area contributed by atoms with E-state index in [1.807, 2.05) is 55.1 Å². The van der Waals surface area contributed by atoms with Gasteiger partial charge in [0.15, 0.2) is 0 Å². The van der Waals surface area contributed by atoms with Crippen LogP contribution in [0.15, 0.2) is 41.6 Å². The van der Waals surface area contributed by atoms with E-state index in [1.165, 1.54) is 22.9 Å². The summed E-state index contributed by atoms with van der Waals surface area (Å²) in [5.41, 5.74) is 2.73. The summed E-state index contributed by atoms with van der Waals surface area (Å²) in [6.07, 6.45) is 3.27. The monoisotopic (exact) mass is 411 g/mol. The number of nitrogens with zero attached hydrogens (tertiary/aromatic N) is 6. The van der Waals surface area contributed by atoms with Gasteiger partial charge in [0, 0.05) is 18.8 Å². The van der Waals surface area contributed by atoms with Crippen LogP contribution in [0.5, 0.6) is 0 Å². The van der Waals surface area contributed by atoms with Crippen molar-refractivity contribution in [3.63, 3.8) is 0 Å². The lowest BCUT2D eigenvalue weighted by Gasteiger charge is -2.30. The topological polar surface area (TPSA) is 94.9 Å². The van der Waals surface area contributed by atoms with Crippen molar-refractivity contribution in [2.45, 2.75) is 43.5 Å². The van der Waals surface area contributed by atoms with E-state index in [4.69, 9.17) is 5.84 Å². The van der Waals surface area contributed by atoms with Gasteiger partial charge >= 0.3 is 0 Å². The molecule has 0 bridgehead atoms. The number of aromatic nitrogens is 5. The van der Waals surface area contributed by atoms with E-state index in [0.29, 0.717) is 11.1 Å². The number of amides is 1. The molecule has 0 spiro atoms. The van der Waals surface area contributed by atoms with Crippen LogP contribution in [-0.4, -0.2) is 48.6 Å². The van der Waals surface area contributed by atoms with E-state index in [0.717, 1.165) is 42.9 Å². The predicted octanol–water partition coefficient (Wildman–Crippen LogP) is 2.64. The lowest BCUT2D eigenvalue weighted by atomic mass is 10.1. The molecule has 0 radical (unpaired) electrons. The van der Waals surface area contributed by atoms with Crippen LogP contribution in [0, 0.1) is 13.8 Å². The van der Waals surface area contributed by atoms with Gasteiger partial charge in [-0.05, 0) is 44.7 Å². The molecular formula is C20H25N7OS. The van der Waals surface area contributed by atoms with E-state index in [2.05, 4.69) is 15.3 Å². The molecule has 3 aromatic rings. The number of aryl methyl sites for hydroxylation is 2. The highest BCUT2D eigenvalue weighted by molar-refractivity contribution is 8.00. The van der Waals surface area contributed by atoms with Crippen LogP contribution in [0.2, 0.25) is 0 Å². The van der Waals surface area contributed by atoms with Crippen molar-refractivity contribution in [2.24, 2.45) is 0 Å². The summed E-state index contributed by atoms with van der Waals surface area (Å²) in [6, 6.07) is 11.7. The van der Waals surface area contributed by atoms with E-state index in [-0.39, 0.29) is 5.91 Å². The highest BCUT2D eigenvalue weighted by Gasteiger charge is 2.30. The van der Waals surface area contributed by atoms with E-state index in [1.54, 1.807) is 4.68 Å². The molecule has 1 unspecified atom stereocenters. The van der Waals surface area contributed by atoms with Crippen LogP contribution in [0.25, 0.3) is 5.95 Å². The minimum atomic E-state index is -0.422. The standard InChI is InChI=1S/C20H25N7OS/c1-14-13-15(2)27(24-14)19-22-23-20(26(19)21)29-17(16-9-5-3-6-10-16)18(28)25-11-7-4-8-12-25/h3,5-6,9-10,13,17H,4,7-8,11-12,21H2,1-2H3. The molecule has 1 aromatic carbocycles. The summed E-state index contributed by atoms with van der Waals surface area (Å²) in [6.45, 7) is 5.46. The molecule has 1 atom stereocenters. The molecule has 9 heteroatoms. The van der Waals surface area contributed by atoms with Crippen molar-refractivity contribution in [3.05, 3.63) is 53.3 Å². The number of carbonyl (C=O) groups is 1. The maximum absolute atomic E-state index is 13.3. The zero-order chi connectivity index (χ0) is 20.4. The average molecular weight is 412 g/mol. The SMILES string of the molecule is Cc1cc(C)n(-c2nnc(SC(C(=O)N3CCCCC3)c3ccccc3)n2N)n1. The summed E-state index contributed by atoms with van der Waals surface area (Å²) in [5, 5.41) is 13.0. The Balaban J connectivity index is 1.64. The molecule has 152 valence electrons. The van der Waals surface area contributed by atoms with Gasteiger partial charge in [-0.1, -0.05) is 42.1 Å². The third-order valence-corrected chi connectivity index (χ3v) is 6.26. The summed E-state index contributed by atoms with van der Waals surface area (Å²) >= 11 is 1.33. The number of piperidine rings is 1. The van der Waals surface area contributed by atoms with E-state index in [9.17, 15) is 4.79 Å². The molecule has 4 rings (SSSR count). The molecule has 1 fully saturated rings. The molecule has 1 saturated heterocycles. The first-order valence-electron chi connectivity index (χ1n) is 9.79. The fourth-order valence-corrected chi connectivity index (χ4v) is 4.64. The Bertz CT molecular complexity index is 992. The van der Waals surface area contributed by atoms with Gasteiger partial charge < -0.3 is 10.7 Å². The Hall–Kier alpha value is -2.81. The molecule has 2 aromatic heterocycles. The lowest BCUT2D eigenvalue weighted by Crippen LogP contribution is -2.38. The minimum absolute atomic E-state index is 0.0940. The number of thioether (sulfide) groups is 1. The molecule has 0 saturated carbocycles. The second-order valence-corrected chi connectivity index (χ2v) is 8.36. The second kappa shape index (κ2) is 8.28. The molecular weight excluding hydrogens is 386 g/mol. The van der Waals surface area contributed by atoms with Gasteiger partial charge in [-0.3, -0.25) is 4.79 Å². The zero-order valence-electron chi connectivity index (χ0n) is 16.7. The second-order valence-electron chi connectivity index (χ2n) is 7.29. The fraction of sp³-hybridized carbons (Fsp3) is 0.400. The number of nitrogen functional groups attached to an aromatic ring is 1. The molecule has 1 amide bonds. The van der Waals surface area contributed by atoms with Crippen LogP contribution < -0.4 is 5.84 Å². The summed E-state index contributed by atoms with van der Waals surface area (Å²) in [4.78, 5) is 15.3. The van der Waals surface area contributed by atoms with Crippen molar-refractivity contribution in [1.29, 1.82) is 0 Å². The third-order valence-electron chi connectivity index (χ3n) is 5.06. The molecule has 2 N–H and O–H groups in total. The molecule has 1 aliphatic rings. The van der Waals surface area contributed by atoms with Gasteiger partial charge in [0.05, 0.1) is 5.69 Å². The van der Waals surface area contributed by atoms with Gasteiger partial charge in [-0.25, -0.2) is 9.36 Å². The highest BCUT2D eigenvalue weighted by Crippen LogP contribution is 2.36. The Morgan fingerprint density at radius 3 is 2.48 bits per heavy atom. The van der Waals surface area contributed by atoms with Gasteiger partial charge in [-0.15, -0.1) is 10.2 Å². The first kappa shape index (κ1) is 19.5. The predicted molar refractivity (Wildman–Crippen MR) is 112 cm³/mol. The van der Waals surface area contributed by atoms with E-state index < -0.39 is 5.25 Å². The molecule has 8 nitrogen and oxygen atoms in total. The van der Waals surface area contributed by atoms with Gasteiger partial charge in [0.1, 0.15) is 5.25 Å². The average Bonchev–Trinajstić information content (AvgIpc) is 3.27. The van der Waals surface area contributed by atoms with Crippen LogP contribution in [0.4, 0.5) is 0 Å². The van der Waals surface area contributed by atoms with Crippen LogP contribution >= 0.6 is 11.8 Å². The zero-order valence-corrected chi connectivity index (χ0v) is 17.5. The van der Waals surface area contributed by atoms with Gasteiger partial charge in [-0.2, -0.15) is 5.10 Å². The normalized spacial score (nSPS) is 15.4.